The molecule has 8 nitrogen and oxygen atoms in total. The topological polar surface area (TPSA) is 73.9 Å². The summed E-state index contributed by atoms with van der Waals surface area (Å²) < 4.78 is 12.1. The number of nitrogens with zero attached hydrogens (tertiary/aromatic N) is 4. The fourth-order valence-electron chi connectivity index (χ4n) is 7.48. The molecule has 2 aliphatic heterocycles. The number of hydrogen-bond donors (Lipinski definition) is 1. The number of anilines is 1. The van der Waals surface area contributed by atoms with Gasteiger partial charge in [-0.25, -0.2) is 4.98 Å². The zero-order valence-electron chi connectivity index (χ0n) is 25.6. The maximum absolute atomic E-state index is 11.8. The van der Waals surface area contributed by atoms with E-state index in [4.69, 9.17) is 21.1 Å². The van der Waals surface area contributed by atoms with E-state index in [2.05, 4.69) is 48.9 Å². The van der Waals surface area contributed by atoms with Gasteiger partial charge in [0.15, 0.2) is 6.29 Å². The number of ether oxygens (including phenoxy) is 2. The lowest BCUT2D eigenvalue weighted by Crippen LogP contribution is -2.59. The number of piperazine rings is 1. The van der Waals surface area contributed by atoms with Crippen molar-refractivity contribution in [3.8, 4) is 17.2 Å². The normalized spacial score (nSPS) is 20.8. The van der Waals surface area contributed by atoms with Crippen LogP contribution in [0.2, 0.25) is 5.02 Å². The molecule has 45 heavy (non-hydrogen) atoms. The van der Waals surface area contributed by atoms with E-state index in [9.17, 15) is 4.79 Å². The van der Waals surface area contributed by atoms with Gasteiger partial charge in [-0.3, -0.25) is 14.6 Å². The number of pyridine rings is 1. The number of rotatable bonds is 9. The lowest BCUT2D eigenvalue weighted by Gasteiger charge is -2.56. The molecule has 2 saturated carbocycles. The molecule has 2 aromatic carbocycles. The minimum Gasteiger partial charge on any atom is -0.490 e. The highest BCUT2D eigenvalue weighted by Crippen LogP contribution is 2.51. The molecule has 0 radical (unpaired) electrons. The van der Waals surface area contributed by atoms with E-state index in [0.29, 0.717) is 39.3 Å². The van der Waals surface area contributed by atoms with Crippen LogP contribution in [0.4, 0.5) is 5.69 Å². The Bertz CT molecular complexity index is 1660. The van der Waals surface area contributed by atoms with E-state index >= 15 is 0 Å². The minimum atomic E-state index is 0.452. The highest BCUT2D eigenvalue weighted by atomic mass is 35.5. The van der Waals surface area contributed by atoms with Gasteiger partial charge in [0.05, 0.1) is 22.9 Å². The monoisotopic (exact) mass is 625 g/mol. The molecule has 234 valence electrons. The van der Waals surface area contributed by atoms with Crippen LogP contribution in [0.5, 0.6) is 17.2 Å². The highest BCUT2D eigenvalue weighted by molar-refractivity contribution is 6.35. The number of fused-ring (bicyclic) bond motifs is 1. The number of halogens is 1. The van der Waals surface area contributed by atoms with Crippen LogP contribution in [0.3, 0.4) is 0 Å². The second-order valence-corrected chi connectivity index (χ2v) is 13.9. The smallest absolute Gasteiger partial charge is 0.153 e. The molecule has 4 aromatic rings. The first-order valence-electron chi connectivity index (χ1n) is 16.4. The summed E-state index contributed by atoms with van der Waals surface area (Å²) in [4.78, 5) is 27.0. The average Bonchev–Trinajstić information content (AvgIpc) is 3.81. The van der Waals surface area contributed by atoms with Gasteiger partial charge in [-0.15, -0.1) is 0 Å². The predicted molar refractivity (Wildman–Crippen MR) is 177 cm³/mol. The SMILES string of the molecule is O=Cc1ccc(N2CCC3(CC2)CC(N2CCN(Cc4ccc(OC5CC5)cc4)CC2)C3)cc1Oc1cnc2[nH]cc(Cl)c2c1. The molecular weight excluding hydrogens is 586 g/mol. The van der Waals surface area contributed by atoms with Crippen molar-refractivity contribution in [1.82, 2.24) is 19.8 Å². The van der Waals surface area contributed by atoms with E-state index in [-0.39, 0.29) is 0 Å². The molecular formula is C36H40ClN5O3. The van der Waals surface area contributed by atoms with E-state index in [0.717, 1.165) is 61.9 Å². The van der Waals surface area contributed by atoms with E-state index in [1.807, 2.05) is 24.3 Å². The fraction of sp³-hybridized carbons (Fsp3) is 0.444. The van der Waals surface area contributed by atoms with Gasteiger partial charge >= 0.3 is 0 Å². The van der Waals surface area contributed by atoms with Crippen LogP contribution < -0.4 is 14.4 Å². The summed E-state index contributed by atoms with van der Waals surface area (Å²) in [5, 5.41) is 1.38. The van der Waals surface area contributed by atoms with Crippen molar-refractivity contribution in [2.24, 2.45) is 5.41 Å². The van der Waals surface area contributed by atoms with Gasteiger partial charge in [0, 0.05) is 75.2 Å². The van der Waals surface area contributed by atoms with Gasteiger partial charge in [-0.1, -0.05) is 23.7 Å². The number of aromatic nitrogens is 2. The molecule has 2 aliphatic carbocycles. The number of carbonyl (C=O) groups excluding carboxylic acids is 1. The molecule has 1 N–H and O–H groups in total. The Morgan fingerprint density at radius 3 is 2.47 bits per heavy atom. The van der Waals surface area contributed by atoms with Crippen molar-refractivity contribution < 1.29 is 14.3 Å². The van der Waals surface area contributed by atoms with Crippen LogP contribution in [0.25, 0.3) is 11.0 Å². The zero-order valence-corrected chi connectivity index (χ0v) is 26.3. The summed E-state index contributed by atoms with van der Waals surface area (Å²) in [7, 11) is 0. The number of nitrogens with one attached hydrogen (secondary N) is 1. The van der Waals surface area contributed by atoms with Crippen molar-refractivity contribution in [2.75, 3.05) is 44.2 Å². The first-order chi connectivity index (χ1) is 22.0. The number of piperidine rings is 1. The Morgan fingerprint density at radius 2 is 1.73 bits per heavy atom. The Kier molecular flexibility index (Phi) is 7.68. The molecule has 4 fully saturated rings. The first kappa shape index (κ1) is 28.9. The lowest BCUT2D eigenvalue weighted by atomic mass is 9.60. The molecule has 2 aromatic heterocycles. The van der Waals surface area contributed by atoms with Crippen molar-refractivity contribution in [3.63, 3.8) is 0 Å². The molecule has 2 saturated heterocycles. The van der Waals surface area contributed by atoms with Crippen molar-refractivity contribution in [2.45, 2.75) is 57.2 Å². The Hall–Kier alpha value is -3.59. The second-order valence-electron chi connectivity index (χ2n) is 13.5. The van der Waals surface area contributed by atoms with Gasteiger partial charge in [0.2, 0.25) is 0 Å². The van der Waals surface area contributed by atoms with Crippen molar-refractivity contribution in [1.29, 1.82) is 0 Å². The number of benzene rings is 2. The van der Waals surface area contributed by atoms with E-state index in [1.54, 1.807) is 12.4 Å². The summed E-state index contributed by atoms with van der Waals surface area (Å²) in [6, 6.07) is 17.2. The van der Waals surface area contributed by atoms with Crippen LogP contribution in [0.1, 0.15) is 54.4 Å². The molecule has 1 spiro atoms. The molecule has 4 heterocycles. The maximum atomic E-state index is 11.8. The van der Waals surface area contributed by atoms with Crippen molar-refractivity contribution in [3.05, 3.63) is 77.1 Å². The zero-order chi connectivity index (χ0) is 30.4. The number of aromatic amines is 1. The summed E-state index contributed by atoms with van der Waals surface area (Å²) in [6.07, 6.45) is 12.1. The van der Waals surface area contributed by atoms with Gasteiger partial charge in [0.1, 0.15) is 22.9 Å². The van der Waals surface area contributed by atoms with Gasteiger partial charge in [-0.05, 0) is 79.8 Å². The minimum absolute atomic E-state index is 0.452. The van der Waals surface area contributed by atoms with Crippen LogP contribution in [0, 0.1) is 5.41 Å². The number of carbonyl (C=O) groups is 1. The van der Waals surface area contributed by atoms with Gasteiger partial charge < -0.3 is 19.4 Å². The van der Waals surface area contributed by atoms with Crippen LogP contribution in [-0.4, -0.2) is 77.5 Å². The summed E-state index contributed by atoms with van der Waals surface area (Å²) in [5.74, 6) is 2.10. The van der Waals surface area contributed by atoms with Crippen LogP contribution in [-0.2, 0) is 6.54 Å². The summed E-state index contributed by atoms with van der Waals surface area (Å²) in [5.41, 5.74) is 4.17. The van der Waals surface area contributed by atoms with Crippen molar-refractivity contribution >= 4 is 34.6 Å². The second kappa shape index (κ2) is 12.0. The quantitative estimate of drug-likeness (QED) is 0.202. The third-order valence-corrected chi connectivity index (χ3v) is 10.7. The summed E-state index contributed by atoms with van der Waals surface area (Å²) in [6.45, 7) is 7.69. The fourth-order valence-corrected chi connectivity index (χ4v) is 7.68. The molecule has 0 amide bonds. The van der Waals surface area contributed by atoms with E-state index in [1.165, 1.54) is 57.2 Å². The highest BCUT2D eigenvalue weighted by Gasteiger charge is 2.48. The average molecular weight is 626 g/mol. The van der Waals surface area contributed by atoms with Crippen LogP contribution in [0.15, 0.2) is 60.9 Å². The standard InChI is InChI=1S/C36H40ClN5O3/c37-33-22-39-35-32(33)18-31(21-38-35)45-34-17-27(4-3-26(34)24-43)41-11-9-36(10-12-41)19-28(20-36)42-15-13-40(14-16-42)23-25-1-5-29(6-2-25)44-30-7-8-30/h1-6,17-18,21-22,24,28,30H,7-16,19-20,23H2,(H,38,39). The molecule has 4 aliphatic rings. The summed E-state index contributed by atoms with van der Waals surface area (Å²) >= 11 is 6.28. The van der Waals surface area contributed by atoms with E-state index < -0.39 is 0 Å². The van der Waals surface area contributed by atoms with Gasteiger partial charge in [-0.2, -0.15) is 0 Å². The third kappa shape index (κ3) is 6.16. The number of hydrogen-bond acceptors (Lipinski definition) is 7. The maximum Gasteiger partial charge on any atom is 0.153 e. The first-order valence-corrected chi connectivity index (χ1v) is 16.8. The molecule has 9 heteroatoms. The Morgan fingerprint density at radius 1 is 0.956 bits per heavy atom. The molecule has 0 bridgehead atoms. The van der Waals surface area contributed by atoms with Crippen LogP contribution >= 0.6 is 11.6 Å². The third-order valence-electron chi connectivity index (χ3n) is 10.4. The molecule has 0 unspecified atom stereocenters. The molecule has 8 rings (SSSR count). The number of H-pyrrole nitrogens is 1. The Balaban J connectivity index is 0.822. The molecule has 0 atom stereocenters. The van der Waals surface area contributed by atoms with Gasteiger partial charge in [0.25, 0.3) is 0 Å². The number of aldehydes is 1. The predicted octanol–water partition coefficient (Wildman–Crippen LogP) is 6.93. The lowest BCUT2D eigenvalue weighted by molar-refractivity contribution is -0.0355. The Labute approximate surface area is 269 Å². The largest absolute Gasteiger partial charge is 0.490 e.